The van der Waals surface area contributed by atoms with Crippen LogP contribution in [0.25, 0.3) is 5.69 Å². The first-order valence-electron chi connectivity index (χ1n) is 7.22. The molecular weight excluding hydrogens is 269 g/mol. The summed E-state index contributed by atoms with van der Waals surface area (Å²) in [5.41, 5.74) is 1.85. The maximum atomic E-state index is 12.9. The minimum Gasteiger partial charge on any atom is -0.395 e. The summed E-state index contributed by atoms with van der Waals surface area (Å²) in [6, 6.07) is 6.31. The monoisotopic (exact) mass is 291 g/mol. The highest BCUT2D eigenvalue weighted by molar-refractivity contribution is 5.31. The molecule has 0 fully saturated rings. The Morgan fingerprint density at radius 1 is 1.29 bits per heavy atom. The number of halogens is 1. The molecule has 2 aromatic rings. The second kappa shape index (κ2) is 7.33. The Bertz CT molecular complexity index is 551. The molecule has 0 saturated heterocycles. The topological polar surface area (TPSA) is 50.1 Å². The summed E-state index contributed by atoms with van der Waals surface area (Å²) in [4.78, 5) is 0. The van der Waals surface area contributed by atoms with Crippen molar-refractivity contribution in [1.82, 2.24) is 15.1 Å². The van der Waals surface area contributed by atoms with E-state index in [-0.39, 0.29) is 18.5 Å². The van der Waals surface area contributed by atoms with Crippen molar-refractivity contribution in [2.45, 2.75) is 32.9 Å². The van der Waals surface area contributed by atoms with Crippen LogP contribution in [0.4, 0.5) is 4.39 Å². The van der Waals surface area contributed by atoms with Gasteiger partial charge in [-0.3, -0.25) is 0 Å². The van der Waals surface area contributed by atoms with E-state index < -0.39 is 0 Å². The zero-order valence-corrected chi connectivity index (χ0v) is 12.5. The van der Waals surface area contributed by atoms with Crippen molar-refractivity contribution in [3.05, 3.63) is 48.0 Å². The quantitative estimate of drug-likeness (QED) is 0.824. The van der Waals surface area contributed by atoms with Crippen LogP contribution in [0, 0.1) is 11.7 Å². The van der Waals surface area contributed by atoms with Gasteiger partial charge in [0.25, 0.3) is 0 Å². The Morgan fingerprint density at radius 3 is 2.62 bits per heavy atom. The van der Waals surface area contributed by atoms with Gasteiger partial charge in [-0.15, -0.1) is 0 Å². The van der Waals surface area contributed by atoms with Crippen molar-refractivity contribution in [2.24, 2.45) is 5.92 Å². The van der Waals surface area contributed by atoms with E-state index in [0.717, 1.165) is 17.7 Å². The van der Waals surface area contributed by atoms with Crippen molar-refractivity contribution in [1.29, 1.82) is 0 Å². The number of aliphatic hydroxyl groups is 1. The molecule has 0 spiro atoms. The molecule has 1 atom stereocenters. The molecule has 0 radical (unpaired) electrons. The summed E-state index contributed by atoms with van der Waals surface area (Å²) in [5.74, 6) is 0.281. The average molecular weight is 291 g/mol. The molecule has 1 heterocycles. The predicted octanol–water partition coefficient (Wildman–Crippen LogP) is 2.51. The van der Waals surface area contributed by atoms with Crippen molar-refractivity contribution in [2.75, 3.05) is 6.61 Å². The molecule has 114 valence electrons. The number of nitrogens with one attached hydrogen (secondary N) is 1. The summed E-state index contributed by atoms with van der Waals surface area (Å²) < 4.78 is 14.6. The molecule has 0 saturated carbocycles. The normalized spacial score (nSPS) is 12.8. The lowest BCUT2D eigenvalue weighted by Crippen LogP contribution is -2.33. The molecule has 0 bridgehead atoms. The number of hydrogen-bond donors (Lipinski definition) is 2. The molecule has 1 unspecified atom stereocenters. The largest absolute Gasteiger partial charge is 0.395 e. The third-order valence-corrected chi connectivity index (χ3v) is 3.30. The van der Waals surface area contributed by atoms with Crippen molar-refractivity contribution < 1.29 is 9.50 Å². The highest BCUT2D eigenvalue weighted by atomic mass is 19.1. The minimum absolute atomic E-state index is 0.0965. The van der Waals surface area contributed by atoms with Crippen LogP contribution in [0.15, 0.2) is 36.7 Å². The first kappa shape index (κ1) is 15.7. The fourth-order valence-electron chi connectivity index (χ4n) is 2.24. The highest BCUT2D eigenvalue weighted by Crippen LogP contribution is 2.10. The van der Waals surface area contributed by atoms with Gasteiger partial charge in [0.1, 0.15) is 5.82 Å². The van der Waals surface area contributed by atoms with Gasteiger partial charge in [-0.05, 0) is 36.6 Å². The molecule has 4 nitrogen and oxygen atoms in total. The van der Waals surface area contributed by atoms with E-state index in [9.17, 15) is 9.50 Å². The van der Waals surface area contributed by atoms with Crippen LogP contribution >= 0.6 is 0 Å². The molecule has 1 aromatic heterocycles. The lowest BCUT2D eigenvalue weighted by molar-refractivity contribution is 0.223. The van der Waals surface area contributed by atoms with E-state index in [1.165, 1.54) is 12.1 Å². The molecule has 0 amide bonds. The van der Waals surface area contributed by atoms with Crippen LogP contribution < -0.4 is 5.32 Å². The molecule has 0 aliphatic carbocycles. The second-order valence-corrected chi connectivity index (χ2v) is 5.66. The summed E-state index contributed by atoms with van der Waals surface area (Å²) >= 11 is 0. The Morgan fingerprint density at radius 2 is 2.00 bits per heavy atom. The Balaban J connectivity index is 1.95. The Kier molecular flexibility index (Phi) is 5.47. The first-order chi connectivity index (χ1) is 10.1. The minimum atomic E-state index is -0.257. The summed E-state index contributed by atoms with van der Waals surface area (Å²) in [5, 5.41) is 16.9. The SMILES string of the molecule is CC(C)CC(CO)NCc1cnn(-c2ccc(F)cc2)c1. The molecule has 2 rings (SSSR count). The molecule has 5 heteroatoms. The van der Waals surface area contributed by atoms with E-state index in [2.05, 4.69) is 24.3 Å². The van der Waals surface area contributed by atoms with Gasteiger partial charge in [0.05, 0.1) is 18.5 Å². The van der Waals surface area contributed by atoms with Crippen molar-refractivity contribution in [3.63, 3.8) is 0 Å². The van der Waals surface area contributed by atoms with Gasteiger partial charge in [-0.2, -0.15) is 5.10 Å². The van der Waals surface area contributed by atoms with Gasteiger partial charge in [0.2, 0.25) is 0 Å². The van der Waals surface area contributed by atoms with Gasteiger partial charge in [-0.1, -0.05) is 13.8 Å². The number of nitrogens with zero attached hydrogens (tertiary/aromatic N) is 2. The van der Waals surface area contributed by atoms with E-state index in [4.69, 9.17) is 0 Å². The molecule has 2 N–H and O–H groups in total. The number of aromatic nitrogens is 2. The molecule has 21 heavy (non-hydrogen) atoms. The van der Waals surface area contributed by atoms with Gasteiger partial charge >= 0.3 is 0 Å². The van der Waals surface area contributed by atoms with Crippen LogP contribution in [0.2, 0.25) is 0 Å². The van der Waals surface area contributed by atoms with E-state index in [0.29, 0.717) is 12.5 Å². The number of hydrogen-bond acceptors (Lipinski definition) is 3. The van der Waals surface area contributed by atoms with Gasteiger partial charge in [0, 0.05) is 24.3 Å². The smallest absolute Gasteiger partial charge is 0.123 e. The number of benzene rings is 1. The van der Waals surface area contributed by atoms with Gasteiger partial charge in [0.15, 0.2) is 0 Å². The molecule has 0 aliphatic heterocycles. The zero-order valence-electron chi connectivity index (χ0n) is 12.5. The third kappa shape index (κ3) is 4.65. The van der Waals surface area contributed by atoms with E-state index >= 15 is 0 Å². The standard InChI is InChI=1S/C16H22FN3O/c1-12(2)7-15(11-21)18-8-13-9-19-20(10-13)16-5-3-14(17)4-6-16/h3-6,9-10,12,15,18,21H,7-8,11H2,1-2H3. The van der Waals surface area contributed by atoms with Crippen LogP contribution in [0.1, 0.15) is 25.8 Å². The van der Waals surface area contributed by atoms with E-state index in [1.807, 2.05) is 6.20 Å². The fraction of sp³-hybridized carbons (Fsp3) is 0.438. The second-order valence-electron chi connectivity index (χ2n) is 5.66. The van der Waals surface area contributed by atoms with Crippen molar-refractivity contribution in [3.8, 4) is 5.69 Å². The van der Waals surface area contributed by atoms with Gasteiger partial charge in [-0.25, -0.2) is 9.07 Å². The Hall–Kier alpha value is -1.72. The summed E-state index contributed by atoms with van der Waals surface area (Å²) in [6.07, 6.45) is 4.62. The summed E-state index contributed by atoms with van der Waals surface area (Å²) in [7, 11) is 0. The Labute approximate surface area is 124 Å². The third-order valence-electron chi connectivity index (χ3n) is 3.30. The summed E-state index contributed by atoms with van der Waals surface area (Å²) in [6.45, 7) is 5.05. The predicted molar refractivity (Wildman–Crippen MR) is 80.7 cm³/mol. The maximum absolute atomic E-state index is 12.9. The van der Waals surface area contributed by atoms with Gasteiger partial charge < -0.3 is 10.4 Å². The number of rotatable bonds is 7. The van der Waals surface area contributed by atoms with Crippen molar-refractivity contribution >= 4 is 0 Å². The fourth-order valence-corrected chi connectivity index (χ4v) is 2.24. The van der Waals surface area contributed by atoms with Crippen LogP contribution in [0.3, 0.4) is 0 Å². The molecule has 0 aliphatic rings. The van der Waals surface area contributed by atoms with Crippen LogP contribution in [-0.2, 0) is 6.54 Å². The zero-order chi connectivity index (χ0) is 15.2. The van der Waals surface area contributed by atoms with Crippen LogP contribution in [-0.4, -0.2) is 27.5 Å². The molecule has 1 aromatic carbocycles. The number of aliphatic hydroxyl groups excluding tert-OH is 1. The van der Waals surface area contributed by atoms with E-state index in [1.54, 1.807) is 23.0 Å². The lowest BCUT2D eigenvalue weighted by Gasteiger charge is -2.17. The van der Waals surface area contributed by atoms with Crippen LogP contribution in [0.5, 0.6) is 0 Å². The maximum Gasteiger partial charge on any atom is 0.123 e. The first-order valence-corrected chi connectivity index (χ1v) is 7.22. The molecular formula is C16H22FN3O. The lowest BCUT2D eigenvalue weighted by atomic mass is 10.0. The highest BCUT2D eigenvalue weighted by Gasteiger charge is 2.10. The average Bonchev–Trinajstić information content (AvgIpc) is 2.92.